The standard InChI is InChI=1S/C30H58N12O8/c1-16(33)23(43)37-18(3)25(45)40-21(11-6-8-14-32)27(47)42-22(12-9-15-36-30(34)35)28(48)41-20(10-5-7-13-31)26(46)38-17(2)24(44)39-19(4)29(49)50/h16-22H,5-15,31-33H2,1-4H3,(H,37,43)(H,38,46)(H,39,44)(H,40,45)(H,41,48)(H,42,47)(H,49,50)(H4,34,35,36)/t16-,17-,18-,19-,20-,21-,22-/m0/s1. The highest BCUT2D eigenvalue weighted by Crippen LogP contribution is 2.08. The Hall–Kier alpha value is -4.56. The molecule has 0 aromatic rings. The Bertz CT molecular complexity index is 1160. The van der Waals surface area contributed by atoms with Crippen LogP contribution in [0.4, 0.5) is 0 Å². The molecule has 0 radical (unpaired) electrons. The van der Waals surface area contributed by atoms with Crippen LogP contribution in [0.25, 0.3) is 0 Å². The van der Waals surface area contributed by atoms with Gasteiger partial charge in [-0.1, -0.05) is 0 Å². The van der Waals surface area contributed by atoms with Crippen LogP contribution in [-0.4, -0.2) is 114 Å². The van der Waals surface area contributed by atoms with Gasteiger partial charge in [-0.25, -0.2) is 0 Å². The maximum Gasteiger partial charge on any atom is 0.325 e. The van der Waals surface area contributed by atoms with E-state index in [1.54, 1.807) is 0 Å². The van der Waals surface area contributed by atoms with Gasteiger partial charge in [-0.3, -0.25) is 38.6 Å². The molecular weight excluding hydrogens is 656 g/mol. The molecule has 0 rings (SSSR count). The molecule has 0 aromatic carbocycles. The number of carboxylic acid groups (broad SMARTS) is 1. The molecule has 0 fully saturated rings. The molecule has 0 bridgehead atoms. The van der Waals surface area contributed by atoms with Crippen molar-refractivity contribution in [2.24, 2.45) is 33.7 Å². The van der Waals surface area contributed by atoms with Crippen molar-refractivity contribution in [1.29, 1.82) is 0 Å². The van der Waals surface area contributed by atoms with Crippen LogP contribution in [0.5, 0.6) is 0 Å². The Morgan fingerprint density at radius 1 is 0.540 bits per heavy atom. The lowest BCUT2D eigenvalue weighted by Crippen LogP contribution is -2.59. The third kappa shape index (κ3) is 18.8. The smallest absolute Gasteiger partial charge is 0.325 e. The van der Waals surface area contributed by atoms with E-state index in [0.717, 1.165) is 0 Å². The number of guanidine groups is 1. The van der Waals surface area contributed by atoms with Gasteiger partial charge >= 0.3 is 5.97 Å². The van der Waals surface area contributed by atoms with E-state index < -0.39 is 83.7 Å². The maximum absolute atomic E-state index is 13.7. The summed E-state index contributed by atoms with van der Waals surface area (Å²) in [5, 5.41) is 24.2. The molecule has 0 saturated carbocycles. The van der Waals surface area contributed by atoms with Gasteiger partial charge in [0.25, 0.3) is 0 Å². The number of rotatable bonds is 25. The monoisotopic (exact) mass is 714 g/mol. The summed E-state index contributed by atoms with van der Waals surface area (Å²) in [6.07, 6.45) is 2.52. The van der Waals surface area contributed by atoms with Crippen LogP contribution in [0, 0.1) is 0 Å². The second-order valence-electron chi connectivity index (χ2n) is 12.0. The number of hydrogen-bond donors (Lipinski definition) is 12. The minimum absolute atomic E-state index is 0.0295. The number of aliphatic imine (C=N–C) groups is 1. The summed E-state index contributed by atoms with van der Waals surface area (Å²) in [4.78, 5) is 92.9. The largest absolute Gasteiger partial charge is 0.480 e. The summed E-state index contributed by atoms with van der Waals surface area (Å²) in [5.41, 5.74) is 27.6. The van der Waals surface area contributed by atoms with E-state index in [2.05, 4.69) is 36.9 Å². The third-order valence-electron chi connectivity index (χ3n) is 7.38. The normalized spacial score (nSPS) is 15.0. The van der Waals surface area contributed by atoms with Crippen molar-refractivity contribution in [2.45, 2.75) is 121 Å². The quantitative estimate of drug-likeness (QED) is 0.0242. The summed E-state index contributed by atoms with van der Waals surface area (Å²) >= 11 is 0. The predicted octanol–water partition coefficient (Wildman–Crippen LogP) is -4.30. The van der Waals surface area contributed by atoms with Gasteiger partial charge in [-0.05, 0) is 92.2 Å². The zero-order chi connectivity index (χ0) is 38.4. The minimum atomic E-state index is -1.26. The van der Waals surface area contributed by atoms with Gasteiger partial charge in [0.15, 0.2) is 5.96 Å². The van der Waals surface area contributed by atoms with E-state index in [-0.39, 0.29) is 38.2 Å². The molecule has 0 aliphatic rings. The van der Waals surface area contributed by atoms with Crippen molar-refractivity contribution < 1.29 is 38.7 Å². The predicted molar refractivity (Wildman–Crippen MR) is 186 cm³/mol. The van der Waals surface area contributed by atoms with Gasteiger partial charge in [-0.15, -0.1) is 0 Å². The van der Waals surface area contributed by atoms with E-state index >= 15 is 0 Å². The number of hydrogen-bond acceptors (Lipinski definition) is 11. The Morgan fingerprint density at radius 2 is 0.900 bits per heavy atom. The number of unbranched alkanes of at least 4 members (excludes halogenated alkanes) is 2. The van der Waals surface area contributed by atoms with Crippen LogP contribution in [0.2, 0.25) is 0 Å². The summed E-state index contributed by atoms with van der Waals surface area (Å²) in [7, 11) is 0. The van der Waals surface area contributed by atoms with E-state index in [1.165, 1.54) is 27.7 Å². The molecule has 0 spiro atoms. The Kier molecular flexibility index (Phi) is 22.3. The first-order valence-corrected chi connectivity index (χ1v) is 16.7. The van der Waals surface area contributed by atoms with E-state index in [9.17, 15) is 33.6 Å². The van der Waals surface area contributed by atoms with Gasteiger partial charge in [0.2, 0.25) is 35.4 Å². The van der Waals surface area contributed by atoms with Crippen molar-refractivity contribution in [3.05, 3.63) is 0 Å². The number of carboxylic acids is 1. The molecule has 20 heteroatoms. The molecule has 0 aliphatic heterocycles. The first-order chi connectivity index (χ1) is 23.4. The Balaban J connectivity index is 6.11. The van der Waals surface area contributed by atoms with Crippen LogP contribution >= 0.6 is 0 Å². The topological polar surface area (TPSA) is 354 Å². The highest BCUT2D eigenvalue weighted by molar-refractivity contribution is 5.96. The molecule has 50 heavy (non-hydrogen) atoms. The lowest BCUT2D eigenvalue weighted by atomic mass is 10.0. The van der Waals surface area contributed by atoms with Crippen LogP contribution < -0.4 is 60.6 Å². The Labute approximate surface area is 292 Å². The fourth-order valence-electron chi connectivity index (χ4n) is 4.33. The number of amides is 6. The SMILES string of the molecule is C[C@H](N)C(=O)N[C@@H](C)C(=O)N[C@@H](CCCCN)C(=O)N[C@@H](CCCN=C(N)N)C(=O)N[C@@H](CCCCN)C(=O)N[C@@H](C)C(=O)N[C@@H](C)C(=O)O. The van der Waals surface area contributed by atoms with Crippen molar-refractivity contribution >= 4 is 47.4 Å². The molecule has 0 aromatic heterocycles. The highest BCUT2D eigenvalue weighted by Gasteiger charge is 2.31. The van der Waals surface area contributed by atoms with Crippen molar-refractivity contribution in [3.63, 3.8) is 0 Å². The van der Waals surface area contributed by atoms with E-state index in [4.69, 9.17) is 33.8 Å². The lowest BCUT2D eigenvalue weighted by molar-refractivity contribution is -0.141. The zero-order valence-corrected chi connectivity index (χ0v) is 29.5. The number of carbonyl (C=O) groups excluding carboxylic acids is 6. The number of nitrogens with zero attached hydrogens (tertiary/aromatic N) is 1. The van der Waals surface area contributed by atoms with Gasteiger partial charge in [0, 0.05) is 6.54 Å². The molecule has 0 saturated heterocycles. The summed E-state index contributed by atoms with van der Waals surface area (Å²) in [6.45, 7) is 6.28. The molecule has 0 aliphatic carbocycles. The van der Waals surface area contributed by atoms with Gasteiger partial charge in [0.05, 0.1) is 6.04 Å². The van der Waals surface area contributed by atoms with Crippen LogP contribution in [0.1, 0.15) is 79.1 Å². The summed E-state index contributed by atoms with van der Waals surface area (Å²) < 4.78 is 0. The number of aliphatic carboxylic acids is 1. The van der Waals surface area contributed by atoms with Crippen LogP contribution in [0.3, 0.4) is 0 Å². The molecule has 0 heterocycles. The van der Waals surface area contributed by atoms with E-state index in [0.29, 0.717) is 38.8 Å². The van der Waals surface area contributed by atoms with Crippen molar-refractivity contribution in [3.8, 4) is 0 Å². The van der Waals surface area contributed by atoms with Gasteiger partial charge < -0.3 is 65.7 Å². The van der Waals surface area contributed by atoms with E-state index in [1.807, 2.05) is 0 Å². The van der Waals surface area contributed by atoms with Crippen molar-refractivity contribution in [2.75, 3.05) is 19.6 Å². The fraction of sp³-hybridized carbons (Fsp3) is 0.733. The molecule has 0 unspecified atom stereocenters. The number of nitrogens with one attached hydrogen (secondary N) is 6. The second-order valence-corrected chi connectivity index (χ2v) is 12.0. The molecule has 6 amide bonds. The fourth-order valence-corrected chi connectivity index (χ4v) is 4.33. The molecule has 20 nitrogen and oxygen atoms in total. The summed E-state index contributed by atoms with van der Waals surface area (Å²) in [5.74, 6) is -5.57. The van der Waals surface area contributed by atoms with Crippen LogP contribution in [-0.2, 0) is 33.6 Å². The Morgan fingerprint density at radius 3 is 1.30 bits per heavy atom. The second kappa shape index (κ2) is 24.6. The molecular formula is C30H58N12O8. The van der Waals surface area contributed by atoms with Crippen LogP contribution in [0.15, 0.2) is 4.99 Å². The average molecular weight is 715 g/mol. The van der Waals surface area contributed by atoms with Crippen molar-refractivity contribution in [1.82, 2.24) is 31.9 Å². The average Bonchev–Trinajstić information content (AvgIpc) is 3.04. The highest BCUT2D eigenvalue weighted by atomic mass is 16.4. The molecule has 286 valence electrons. The number of nitrogens with two attached hydrogens (primary N) is 5. The molecule has 17 N–H and O–H groups in total. The first kappa shape index (κ1) is 45.4. The zero-order valence-electron chi connectivity index (χ0n) is 29.5. The first-order valence-electron chi connectivity index (χ1n) is 16.7. The lowest BCUT2D eigenvalue weighted by Gasteiger charge is -2.27. The summed E-state index contributed by atoms with van der Waals surface area (Å²) in [6, 6.07) is -7.74. The van der Waals surface area contributed by atoms with Gasteiger partial charge in [-0.2, -0.15) is 0 Å². The number of carbonyl (C=O) groups is 7. The van der Waals surface area contributed by atoms with Gasteiger partial charge in [0.1, 0.15) is 36.3 Å². The molecule has 7 atom stereocenters. The third-order valence-corrected chi connectivity index (χ3v) is 7.38. The maximum atomic E-state index is 13.7. The minimum Gasteiger partial charge on any atom is -0.480 e.